The molecular weight excluding hydrogens is 464 g/mol. The lowest BCUT2D eigenvalue weighted by Crippen LogP contribution is -2.37. The first kappa shape index (κ1) is 15.6. The van der Waals surface area contributed by atoms with Crippen molar-refractivity contribution < 1.29 is 16.8 Å². The molecule has 0 unspecified atom stereocenters. The molecule has 0 saturated carbocycles. The molecule has 6 rings (SSSR count). The van der Waals surface area contributed by atoms with E-state index < -0.39 is 59.9 Å². The van der Waals surface area contributed by atoms with Gasteiger partial charge in [-0.2, -0.15) is 0 Å². The lowest BCUT2D eigenvalue weighted by molar-refractivity contribution is 0.560. The molecule has 186 valence electrons. The first-order chi connectivity index (χ1) is 22.2. The zero-order valence-corrected chi connectivity index (χ0v) is 21.2. The van der Waals surface area contributed by atoms with Crippen molar-refractivity contribution >= 4 is 22.5 Å². The minimum absolute atomic E-state index is 0.00112. The van der Waals surface area contributed by atoms with E-state index in [4.69, 9.17) is 16.8 Å². The zero-order valence-electron chi connectivity index (χ0n) is 30.2. The summed E-state index contributed by atoms with van der Waals surface area (Å²) in [5.41, 5.74) is 3.05. The van der Waals surface area contributed by atoms with Crippen molar-refractivity contribution in [1.82, 2.24) is 4.98 Å². The van der Waals surface area contributed by atoms with Crippen LogP contribution in [-0.4, -0.2) is 10.5 Å². The summed E-state index contributed by atoms with van der Waals surface area (Å²) in [6.07, 6.45) is 0. The highest BCUT2D eigenvalue weighted by Gasteiger charge is 2.24. The summed E-state index contributed by atoms with van der Waals surface area (Å²) in [5.74, 6) is 0.513. The number of benzene rings is 5. The number of oxazole rings is 1. The summed E-state index contributed by atoms with van der Waals surface area (Å²) in [4.78, 5) is 6.38. The van der Waals surface area contributed by atoms with Crippen LogP contribution < -0.4 is 4.90 Å². The number of rotatable bonds is 5. The van der Waals surface area contributed by atoms with E-state index in [1.54, 1.807) is 4.90 Å². The molecule has 6 aromatic rings. The van der Waals surface area contributed by atoms with E-state index in [-0.39, 0.29) is 16.8 Å². The standard InChI is InChI=1S/C35H30N2O/c1-35(2,3)37(29-21-17-26(18-22-29)25-11-6-4-7-12-25)30-23-19-27(20-24-30)31-15-10-16-32-33(31)38-34(36-32)28-13-8-5-9-14-28/h4-24H,1-3H3/i4D,6D,7D,11D,12D,17D,18D,21D,22D. The highest BCUT2D eigenvalue weighted by atomic mass is 16.3. The Morgan fingerprint density at radius 1 is 0.632 bits per heavy atom. The van der Waals surface area contributed by atoms with E-state index in [0.717, 1.165) is 16.7 Å². The molecule has 0 radical (unpaired) electrons. The Kier molecular flexibility index (Phi) is 3.97. The number of nitrogens with zero attached hydrogens (tertiary/aromatic N) is 2. The second kappa shape index (κ2) is 9.68. The second-order valence-corrected chi connectivity index (χ2v) is 9.82. The van der Waals surface area contributed by atoms with Crippen molar-refractivity contribution in [1.29, 1.82) is 0 Å². The Bertz CT molecular complexity index is 2120. The SMILES string of the molecule is [2H]c1c([2H])c([2H])c(-c2c([2H])c([2H])c(N(c3ccc(-c4cccc5nc(-c6ccccc6)oc45)cc3)C(C)(C)C)c([2H])c2[2H])c([2H])c1[2H]. The molecule has 0 atom stereocenters. The summed E-state index contributed by atoms with van der Waals surface area (Å²) < 4.78 is 82.8. The average molecular weight is 504 g/mol. The number of hydrogen-bond donors (Lipinski definition) is 0. The van der Waals surface area contributed by atoms with Crippen LogP contribution in [0.3, 0.4) is 0 Å². The summed E-state index contributed by atoms with van der Waals surface area (Å²) in [5, 5.41) is 0. The van der Waals surface area contributed by atoms with Crippen LogP contribution in [-0.2, 0) is 0 Å². The molecule has 0 fully saturated rings. The van der Waals surface area contributed by atoms with Crippen molar-refractivity contribution in [2.45, 2.75) is 26.3 Å². The summed E-state index contributed by atoms with van der Waals surface area (Å²) in [6.45, 7) is 5.66. The first-order valence-electron chi connectivity index (χ1n) is 16.8. The molecule has 0 bridgehead atoms. The third-order valence-corrected chi connectivity index (χ3v) is 6.13. The van der Waals surface area contributed by atoms with E-state index in [1.807, 2.05) is 93.6 Å². The molecule has 3 heteroatoms. The maximum atomic E-state index is 9.01. The van der Waals surface area contributed by atoms with Crippen molar-refractivity contribution in [3.63, 3.8) is 0 Å². The van der Waals surface area contributed by atoms with Gasteiger partial charge in [-0.25, -0.2) is 4.98 Å². The molecule has 0 amide bonds. The van der Waals surface area contributed by atoms with Crippen molar-refractivity contribution in [3.05, 3.63) is 127 Å². The molecule has 0 N–H and O–H groups in total. The van der Waals surface area contributed by atoms with Gasteiger partial charge >= 0.3 is 0 Å². The topological polar surface area (TPSA) is 29.3 Å². The van der Waals surface area contributed by atoms with Crippen LogP contribution in [0.4, 0.5) is 11.4 Å². The van der Waals surface area contributed by atoms with Gasteiger partial charge in [0.1, 0.15) is 5.52 Å². The summed E-state index contributed by atoms with van der Waals surface area (Å²) >= 11 is 0. The lowest BCUT2D eigenvalue weighted by atomic mass is 9.99. The molecule has 38 heavy (non-hydrogen) atoms. The van der Waals surface area contributed by atoms with Crippen molar-refractivity contribution in [2.75, 3.05) is 4.90 Å². The van der Waals surface area contributed by atoms with Crippen molar-refractivity contribution in [2.24, 2.45) is 0 Å². The van der Waals surface area contributed by atoms with Gasteiger partial charge in [-0.15, -0.1) is 0 Å². The third-order valence-electron chi connectivity index (χ3n) is 6.13. The highest BCUT2D eigenvalue weighted by molar-refractivity contribution is 5.92. The van der Waals surface area contributed by atoms with E-state index in [9.17, 15) is 0 Å². The number of aromatic nitrogens is 1. The van der Waals surface area contributed by atoms with Crippen LogP contribution in [0.5, 0.6) is 0 Å². The van der Waals surface area contributed by atoms with Gasteiger partial charge in [0.2, 0.25) is 5.89 Å². The van der Waals surface area contributed by atoms with Gasteiger partial charge in [-0.3, -0.25) is 0 Å². The molecule has 5 aromatic carbocycles. The van der Waals surface area contributed by atoms with Gasteiger partial charge in [-0.05, 0) is 79.9 Å². The molecule has 0 spiro atoms. The molecule has 0 aliphatic heterocycles. The summed E-state index contributed by atoms with van der Waals surface area (Å²) in [7, 11) is 0. The van der Waals surface area contributed by atoms with Gasteiger partial charge in [-0.1, -0.05) is 84.8 Å². The van der Waals surface area contributed by atoms with Crippen LogP contribution >= 0.6 is 0 Å². The molecule has 0 saturated heterocycles. The van der Waals surface area contributed by atoms with Crippen molar-refractivity contribution in [3.8, 4) is 33.7 Å². The predicted molar refractivity (Wildman–Crippen MR) is 159 cm³/mol. The molecule has 1 heterocycles. The van der Waals surface area contributed by atoms with Gasteiger partial charge in [0.05, 0.1) is 12.3 Å². The van der Waals surface area contributed by atoms with Crippen LogP contribution in [0.25, 0.3) is 44.8 Å². The van der Waals surface area contributed by atoms with Gasteiger partial charge in [0.15, 0.2) is 5.58 Å². The highest BCUT2D eigenvalue weighted by Crippen LogP contribution is 2.37. The zero-order chi connectivity index (χ0) is 33.9. The second-order valence-electron chi connectivity index (χ2n) is 9.82. The van der Waals surface area contributed by atoms with Crippen LogP contribution in [0.15, 0.2) is 132 Å². The predicted octanol–water partition coefficient (Wildman–Crippen LogP) is 9.77. The third kappa shape index (κ3) is 4.59. The number of anilines is 2. The van der Waals surface area contributed by atoms with Gasteiger partial charge in [0, 0.05) is 28.0 Å². The van der Waals surface area contributed by atoms with E-state index >= 15 is 0 Å². The molecular formula is C35H30N2O. The van der Waals surface area contributed by atoms with Gasteiger partial charge in [0.25, 0.3) is 0 Å². The largest absolute Gasteiger partial charge is 0.435 e. The fourth-order valence-electron chi connectivity index (χ4n) is 4.44. The van der Waals surface area contributed by atoms with Crippen LogP contribution in [0.2, 0.25) is 0 Å². The Labute approximate surface area is 236 Å². The van der Waals surface area contributed by atoms with Gasteiger partial charge < -0.3 is 9.32 Å². The summed E-state index contributed by atoms with van der Waals surface area (Å²) in [6, 6.07) is 18.0. The minimum atomic E-state index is -0.722. The Morgan fingerprint density at radius 2 is 1.32 bits per heavy atom. The monoisotopic (exact) mass is 503 g/mol. The quantitative estimate of drug-likeness (QED) is 0.234. The fraction of sp³-hybridized carbons (Fsp3) is 0.114. The van der Waals surface area contributed by atoms with Crippen LogP contribution in [0, 0.1) is 0 Å². The Hall–Kier alpha value is -4.63. The lowest BCUT2D eigenvalue weighted by Gasteiger charge is -2.38. The van der Waals surface area contributed by atoms with E-state index in [0.29, 0.717) is 22.7 Å². The average Bonchev–Trinajstić information content (AvgIpc) is 3.50. The Morgan fingerprint density at radius 3 is 2.00 bits per heavy atom. The number of fused-ring (bicyclic) bond motifs is 1. The van der Waals surface area contributed by atoms with Crippen LogP contribution in [0.1, 0.15) is 33.1 Å². The first-order valence-corrected chi connectivity index (χ1v) is 12.3. The fourth-order valence-corrected chi connectivity index (χ4v) is 4.44. The molecule has 0 aliphatic rings. The molecule has 0 aliphatic carbocycles. The molecule has 3 nitrogen and oxygen atoms in total. The normalized spacial score (nSPS) is 14.9. The minimum Gasteiger partial charge on any atom is -0.435 e. The maximum absolute atomic E-state index is 9.01. The smallest absolute Gasteiger partial charge is 0.227 e. The van der Waals surface area contributed by atoms with E-state index in [2.05, 4.69) is 4.98 Å². The number of para-hydroxylation sites is 1. The van der Waals surface area contributed by atoms with E-state index in [1.165, 1.54) is 0 Å². The Balaban J connectivity index is 1.47. The maximum Gasteiger partial charge on any atom is 0.227 e. The number of hydrogen-bond acceptors (Lipinski definition) is 3. The molecule has 1 aromatic heterocycles.